The predicted molar refractivity (Wildman–Crippen MR) is 95.9 cm³/mol. The quantitative estimate of drug-likeness (QED) is 0.592. The summed E-state index contributed by atoms with van der Waals surface area (Å²) >= 11 is 0. The molecular weight excluding hydrogens is 352 g/mol. The van der Waals surface area contributed by atoms with E-state index in [9.17, 15) is 19.7 Å². The van der Waals surface area contributed by atoms with E-state index < -0.39 is 4.92 Å². The van der Waals surface area contributed by atoms with Crippen molar-refractivity contribution in [2.24, 2.45) is 7.05 Å². The van der Waals surface area contributed by atoms with Crippen molar-refractivity contribution in [3.05, 3.63) is 68.2 Å². The average molecular weight is 370 g/mol. The molecule has 0 spiro atoms. The summed E-state index contributed by atoms with van der Waals surface area (Å²) in [6.07, 6.45) is 0. The number of Topliss-reactive ketones (excluding diaryl/α,β-unsaturated/α-hetero) is 2. The first-order chi connectivity index (χ1) is 12.8. The van der Waals surface area contributed by atoms with E-state index in [4.69, 9.17) is 9.47 Å². The Morgan fingerprint density at radius 3 is 2.30 bits per heavy atom. The zero-order valence-electron chi connectivity index (χ0n) is 15.4. The fourth-order valence-corrected chi connectivity index (χ4v) is 3.18. The number of ketones is 2. The number of carbonyl (C=O) groups excluding carboxylic acids is 2. The van der Waals surface area contributed by atoms with Gasteiger partial charge in [-0.15, -0.1) is 0 Å². The highest BCUT2D eigenvalue weighted by Gasteiger charge is 2.37. The van der Waals surface area contributed by atoms with E-state index in [-0.39, 0.29) is 40.8 Å². The number of nitrogens with zero attached hydrogens (tertiary/aromatic N) is 2. The number of fused-ring (bicyclic) bond motifs is 1. The van der Waals surface area contributed by atoms with Crippen LogP contribution in [-0.2, 0) is 18.4 Å². The third kappa shape index (κ3) is 2.88. The maximum Gasteiger partial charge on any atom is 0.269 e. The fourth-order valence-electron chi connectivity index (χ4n) is 3.18. The second kappa shape index (κ2) is 6.71. The summed E-state index contributed by atoms with van der Waals surface area (Å²) in [4.78, 5) is 35.8. The standard InChI is InChI=1S/C19H18N2O6/c1-10-17(22)16-15(18(23)19(10)26-4)14(11(2)20(16)3)9-27-13-7-5-12(6-8-13)21(24)25/h5-8H,9H2,1-4H3. The molecule has 1 aromatic carbocycles. The minimum Gasteiger partial charge on any atom is -0.492 e. The second-order valence-corrected chi connectivity index (χ2v) is 6.20. The molecule has 1 aliphatic carbocycles. The number of hydrogen-bond acceptors (Lipinski definition) is 6. The Hall–Kier alpha value is -3.42. The van der Waals surface area contributed by atoms with Crippen molar-refractivity contribution >= 4 is 17.3 Å². The second-order valence-electron chi connectivity index (χ2n) is 6.20. The van der Waals surface area contributed by atoms with Gasteiger partial charge in [-0.1, -0.05) is 0 Å². The van der Waals surface area contributed by atoms with Gasteiger partial charge in [-0.05, 0) is 26.0 Å². The Balaban J connectivity index is 1.96. The molecule has 0 aliphatic heterocycles. The number of aromatic nitrogens is 1. The molecule has 140 valence electrons. The van der Waals surface area contributed by atoms with E-state index in [0.717, 1.165) is 5.69 Å². The topological polar surface area (TPSA) is 101 Å². The zero-order chi connectivity index (χ0) is 19.9. The van der Waals surface area contributed by atoms with Gasteiger partial charge in [0.25, 0.3) is 5.69 Å². The summed E-state index contributed by atoms with van der Waals surface area (Å²) in [5.41, 5.74) is 2.16. The molecule has 0 unspecified atom stereocenters. The number of benzene rings is 1. The summed E-state index contributed by atoms with van der Waals surface area (Å²) in [6, 6.07) is 5.65. The number of non-ortho nitro benzene ring substituents is 1. The zero-order valence-corrected chi connectivity index (χ0v) is 15.4. The maximum absolute atomic E-state index is 12.8. The lowest BCUT2D eigenvalue weighted by Gasteiger charge is -2.17. The lowest BCUT2D eigenvalue weighted by atomic mass is 9.91. The van der Waals surface area contributed by atoms with Crippen LogP contribution in [0, 0.1) is 17.0 Å². The van der Waals surface area contributed by atoms with Crippen molar-refractivity contribution in [1.82, 2.24) is 4.57 Å². The van der Waals surface area contributed by atoms with Gasteiger partial charge in [-0.2, -0.15) is 0 Å². The van der Waals surface area contributed by atoms with Gasteiger partial charge in [0.2, 0.25) is 11.6 Å². The highest BCUT2D eigenvalue weighted by atomic mass is 16.6. The smallest absolute Gasteiger partial charge is 0.269 e. The Bertz CT molecular complexity index is 998. The highest BCUT2D eigenvalue weighted by molar-refractivity contribution is 6.26. The number of carbonyl (C=O) groups is 2. The summed E-state index contributed by atoms with van der Waals surface area (Å²) in [5.74, 6) is -0.148. The van der Waals surface area contributed by atoms with Crippen LogP contribution in [0.5, 0.6) is 5.75 Å². The Morgan fingerprint density at radius 2 is 1.74 bits per heavy atom. The monoisotopic (exact) mass is 370 g/mol. The number of allylic oxidation sites excluding steroid dienone is 2. The average Bonchev–Trinajstić information content (AvgIpc) is 2.90. The number of methoxy groups -OCH3 is 1. The SMILES string of the molecule is COC1=C(C)C(=O)c2c(c(COc3ccc([N+](=O)[O-])cc3)c(C)n2C)C1=O. The number of rotatable bonds is 5. The Labute approximate surface area is 155 Å². The third-order valence-electron chi connectivity index (χ3n) is 4.78. The van der Waals surface area contributed by atoms with Crippen molar-refractivity contribution in [2.75, 3.05) is 7.11 Å². The molecule has 0 radical (unpaired) electrons. The van der Waals surface area contributed by atoms with Crippen LogP contribution in [0.2, 0.25) is 0 Å². The number of ether oxygens (including phenoxy) is 2. The molecule has 1 aliphatic rings. The van der Waals surface area contributed by atoms with E-state index in [1.165, 1.54) is 31.4 Å². The molecular formula is C19H18N2O6. The number of nitro groups is 1. The molecule has 3 rings (SSSR count). The molecule has 8 nitrogen and oxygen atoms in total. The third-order valence-corrected chi connectivity index (χ3v) is 4.78. The molecule has 27 heavy (non-hydrogen) atoms. The van der Waals surface area contributed by atoms with Gasteiger partial charge in [-0.25, -0.2) is 0 Å². The van der Waals surface area contributed by atoms with E-state index >= 15 is 0 Å². The first-order valence-electron chi connectivity index (χ1n) is 8.17. The van der Waals surface area contributed by atoms with Gasteiger partial charge in [0, 0.05) is 36.0 Å². The molecule has 1 heterocycles. The van der Waals surface area contributed by atoms with Crippen LogP contribution >= 0.6 is 0 Å². The van der Waals surface area contributed by atoms with Crippen LogP contribution in [0.3, 0.4) is 0 Å². The normalized spacial score (nSPS) is 13.6. The molecule has 8 heteroatoms. The molecule has 2 aromatic rings. The van der Waals surface area contributed by atoms with E-state index in [1.807, 2.05) is 0 Å². The molecule has 0 saturated heterocycles. The summed E-state index contributed by atoms with van der Waals surface area (Å²) in [5, 5.41) is 10.7. The maximum atomic E-state index is 12.8. The molecule has 0 saturated carbocycles. The fraction of sp³-hybridized carbons (Fsp3) is 0.263. The number of nitro benzene ring substituents is 1. The molecule has 0 atom stereocenters. The number of hydrogen-bond donors (Lipinski definition) is 0. The largest absolute Gasteiger partial charge is 0.492 e. The van der Waals surface area contributed by atoms with Crippen LogP contribution in [0.25, 0.3) is 0 Å². The van der Waals surface area contributed by atoms with E-state index in [2.05, 4.69) is 0 Å². The highest BCUT2D eigenvalue weighted by Crippen LogP contribution is 2.33. The van der Waals surface area contributed by atoms with Gasteiger partial charge in [-0.3, -0.25) is 19.7 Å². The van der Waals surface area contributed by atoms with Gasteiger partial charge in [0.1, 0.15) is 18.1 Å². The van der Waals surface area contributed by atoms with Crippen LogP contribution in [0.4, 0.5) is 5.69 Å². The minimum absolute atomic E-state index is 0.0367. The molecule has 0 N–H and O–H groups in total. The first kappa shape index (κ1) is 18.4. The van der Waals surface area contributed by atoms with Crippen LogP contribution in [-0.4, -0.2) is 28.2 Å². The van der Waals surface area contributed by atoms with E-state index in [1.54, 1.807) is 25.5 Å². The Morgan fingerprint density at radius 1 is 1.11 bits per heavy atom. The van der Waals surface area contributed by atoms with Gasteiger partial charge >= 0.3 is 0 Å². The lowest BCUT2D eigenvalue weighted by Crippen LogP contribution is -2.23. The summed E-state index contributed by atoms with van der Waals surface area (Å²) < 4.78 is 12.5. The molecule has 0 fully saturated rings. The van der Waals surface area contributed by atoms with Gasteiger partial charge in [0.15, 0.2) is 5.76 Å². The molecule has 1 aromatic heterocycles. The molecule has 0 amide bonds. The van der Waals surface area contributed by atoms with Crippen molar-refractivity contribution in [1.29, 1.82) is 0 Å². The first-order valence-corrected chi connectivity index (χ1v) is 8.17. The predicted octanol–water partition coefficient (Wildman–Crippen LogP) is 3.12. The van der Waals surface area contributed by atoms with Crippen molar-refractivity contribution in [3.8, 4) is 5.75 Å². The van der Waals surface area contributed by atoms with Crippen molar-refractivity contribution in [2.45, 2.75) is 20.5 Å². The van der Waals surface area contributed by atoms with Crippen molar-refractivity contribution < 1.29 is 24.0 Å². The Kier molecular flexibility index (Phi) is 4.57. The van der Waals surface area contributed by atoms with Crippen LogP contribution < -0.4 is 4.74 Å². The van der Waals surface area contributed by atoms with Gasteiger partial charge in [0.05, 0.1) is 17.6 Å². The van der Waals surface area contributed by atoms with Crippen LogP contribution in [0.15, 0.2) is 35.6 Å². The molecule has 0 bridgehead atoms. The summed E-state index contributed by atoms with van der Waals surface area (Å²) in [6.45, 7) is 3.41. The van der Waals surface area contributed by atoms with Crippen LogP contribution in [0.1, 0.15) is 39.0 Å². The van der Waals surface area contributed by atoms with Gasteiger partial charge < -0.3 is 14.0 Å². The van der Waals surface area contributed by atoms with Crippen molar-refractivity contribution in [3.63, 3.8) is 0 Å². The van der Waals surface area contributed by atoms with E-state index in [0.29, 0.717) is 17.0 Å². The lowest BCUT2D eigenvalue weighted by molar-refractivity contribution is -0.384. The minimum atomic E-state index is -0.493. The summed E-state index contributed by atoms with van der Waals surface area (Å²) in [7, 11) is 3.08.